The summed E-state index contributed by atoms with van der Waals surface area (Å²) in [6, 6.07) is 3.45. The fraction of sp³-hybridized carbons (Fsp3) is 0.250. The minimum atomic E-state index is -0.986. The zero-order chi connectivity index (χ0) is 11.8. The van der Waals surface area contributed by atoms with E-state index >= 15 is 0 Å². The van der Waals surface area contributed by atoms with Gasteiger partial charge >= 0.3 is 5.97 Å². The molecule has 5 heteroatoms. The Hall–Kier alpha value is -2.17. The summed E-state index contributed by atoms with van der Waals surface area (Å²) in [5.41, 5.74) is 1.30. The number of carbonyl (C=O) groups is 1. The molecule has 2 aromatic rings. The first-order valence-corrected chi connectivity index (χ1v) is 5.40. The van der Waals surface area contributed by atoms with Crippen LogP contribution in [0.3, 0.4) is 0 Å². The Balaban J connectivity index is 2.14. The van der Waals surface area contributed by atoms with Crippen LogP contribution in [0.4, 0.5) is 0 Å². The van der Waals surface area contributed by atoms with Gasteiger partial charge in [0.25, 0.3) is 0 Å². The number of pyridine rings is 1. The number of carboxylic acids is 1. The van der Waals surface area contributed by atoms with Crippen molar-refractivity contribution < 1.29 is 14.4 Å². The molecular weight excluding hydrogens is 220 g/mol. The molecule has 1 aliphatic rings. The summed E-state index contributed by atoms with van der Waals surface area (Å²) in [4.78, 5) is 15.2. The van der Waals surface area contributed by atoms with Crippen molar-refractivity contribution in [3.63, 3.8) is 0 Å². The van der Waals surface area contributed by atoms with E-state index in [0.29, 0.717) is 17.0 Å². The predicted octanol–water partition coefficient (Wildman–Crippen LogP) is 2.31. The van der Waals surface area contributed by atoms with Crippen molar-refractivity contribution in [1.29, 1.82) is 0 Å². The van der Waals surface area contributed by atoms with Gasteiger partial charge in [-0.05, 0) is 25.0 Å². The molecule has 5 nitrogen and oxygen atoms in total. The Morgan fingerprint density at radius 2 is 2.06 bits per heavy atom. The maximum Gasteiger partial charge on any atom is 0.341 e. The van der Waals surface area contributed by atoms with Crippen LogP contribution < -0.4 is 0 Å². The average Bonchev–Trinajstić information content (AvgIpc) is 3.08. The highest BCUT2D eigenvalue weighted by atomic mass is 16.5. The topological polar surface area (TPSA) is 76.2 Å². The van der Waals surface area contributed by atoms with Crippen LogP contribution in [-0.2, 0) is 0 Å². The summed E-state index contributed by atoms with van der Waals surface area (Å²) in [7, 11) is 0. The standard InChI is InChI=1S/C12H10N2O3/c15-12(16)9-10(7-3-5-13-6-4-7)14-17-11(9)8-1-2-8/h3-6,8H,1-2H2,(H,15,16). The van der Waals surface area contributed by atoms with E-state index in [2.05, 4.69) is 10.1 Å². The molecule has 0 atom stereocenters. The lowest BCUT2D eigenvalue weighted by Gasteiger charge is -1.97. The van der Waals surface area contributed by atoms with Crippen LogP contribution in [0.25, 0.3) is 11.3 Å². The van der Waals surface area contributed by atoms with Crippen molar-refractivity contribution in [2.24, 2.45) is 0 Å². The molecule has 1 fully saturated rings. The zero-order valence-electron chi connectivity index (χ0n) is 8.96. The van der Waals surface area contributed by atoms with E-state index in [4.69, 9.17) is 4.52 Å². The van der Waals surface area contributed by atoms with Gasteiger partial charge in [0.15, 0.2) is 5.76 Å². The summed E-state index contributed by atoms with van der Waals surface area (Å²) < 4.78 is 5.18. The third-order valence-electron chi connectivity index (χ3n) is 2.83. The highest BCUT2D eigenvalue weighted by Gasteiger charge is 2.35. The molecule has 86 valence electrons. The number of nitrogens with zero attached hydrogens (tertiary/aromatic N) is 2. The lowest BCUT2D eigenvalue weighted by molar-refractivity contribution is 0.0695. The smallest absolute Gasteiger partial charge is 0.341 e. The van der Waals surface area contributed by atoms with E-state index in [1.807, 2.05) is 0 Å². The third-order valence-corrected chi connectivity index (χ3v) is 2.83. The van der Waals surface area contributed by atoms with Crippen molar-refractivity contribution in [1.82, 2.24) is 10.1 Å². The van der Waals surface area contributed by atoms with E-state index < -0.39 is 5.97 Å². The fourth-order valence-corrected chi connectivity index (χ4v) is 1.84. The minimum absolute atomic E-state index is 0.193. The number of hydrogen-bond acceptors (Lipinski definition) is 4. The molecule has 2 aromatic heterocycles. The summed E-state index contributed by atoms with van der Waals surface area (Å²) in [6.07, 6.45) is 5.16. The molecule has 0 unspecified atom stereocenters. The fourth-order valence-electron chi connectivity index (χ4n) is 1.84. The average molecular weight is 230 g/mol. The van der Waals surface area contributed by atoms with Gasteiger partial charge in [0.2, 0.25) is 0 Å². The quantitative estimate of drug-likeness (QED) is 0.875. The Labute approximate surface area is 97.1 Å². The van der Waals surface area contributed by atoms with E-state index in [0.717, 1.165) is 12.8 Å². The van der Waals surface area contributed by atoms with Gasteiger partial charge in [-0.25, -0.2) is 4.79 Å². The molecule has 3 rings (SSSR count). The molecule has 0 spiro atoms. The van der Waals surface area contributed by atoms with Gasteiger partial charge in [-0.3, -0.25) is 4.98 Å². The monoisotopic (exact) mass is 230 g/mol. The summed E-state index contributed by atoms with van der Waals surface area (Å²) in [5.74, 6) is -0.256. The maximum atomic E-state index is 11.3. The third kappa shape index (κ3) is 1.69. The first kappa shape index (κ1) is 10.0. The highest BCUT2D eigenvalue weighted by Crippen LogP contribution is 2.43. The van der Waals surface area contributed by atoms with Crippen LogP contribution in [0.1, 0.15) is 34.9 Å². The van der Waals surface area contributed by atoms with E-state index in [1.54, 1.807) is 24.5 Å². The second-order valence-electron chi connectivity index (χ2n) is 4.09. The van der Waals surface area contributed by atoms with Crippen molar-refractivity contribution >= 4 is 5.97 Å². The molecule has 0 aliphatic heterocycles. The number of aromatic nitrogens is 2. The van der Waals surface area contributed by atoms with Crippen molar-refractivity contribution in [2.75, 3.05) is 0 Å². The van der Waals surface area contributed by atoms with Crippen molar-refractivity contribution in [3.8, 4) is 11.3 Å². The first-order valence-electron chi connectivity index (χ1n) is 5.40. The Morgan fingerprint density at radius 1 is 1.35 bits per heavy atom. The maximum absolute atomic E-state index is 11.3. The van der Waals surface area contributed by atoms with Gasteiger partial charge in [0, 0.05) is 23.9 Å². The molecule has 0 aromatic carbocycles. The highest BCUT2D eigenvalue weighted by molar-refractivity contribution is 5.96. The number of hydrogen-bond donors (Lipinski definition) is 1. The van der Waals surface area contributed by atoms with Gasteiger partial charge in [-0.15, -0.1) is 0 Å². The summed E-state index contributed by atoms with van der Waals surface area (Å²) in [6.45, 7) is 0. The Kier molecular flexibility index (Phi) is 2.18. The Bertz CT molecular complexity index is 558. The van der Waals surface area contributed by atoms with Gasteiger partial charge in [0.1, 0.15) is 11.3 Å². The van der Waals surface area contributed by atoms with Gasteiger partial charge in [-0.2, -0.15) is 0 Å². The van der Waals surface area contributed by atoms with Crippen molar-refractivity contribution in [2.45, 2.75) is 18.8 Å². The van der Waals surface area contributed by atoms with Crippen LogP contribution in [-0.4, -0.2) is 21.2 Å². The zero-order valence-corrected chi connectivity index (χ0v) is 8.96. The van der Waals surface area contributed by atoms with Crippen molar-refractivity contribution in [3.05, 3.63) is 35.9 Å². The van der Waals surface area contributed by atoms with Crippen LogP contribution in [0.2, 0.25) is 0 Å². The SMILES string of the molecule is O=C(O)c1c(-c2ccncc2)noc1C1CC1. The number of aromatic carboxylic acids is 1. The van der Waals surface area contributed by atoms with Gasteiger partial charge < -0.3 is 9.63 Å². The normalized spacial score (nSPS) is 14.8. The molecule has 2 heterocycles. The molecule has 1 N–H and O–H groups in total. The molecular formula is C12H10N2O3. The van der Waals surface area contributed by atoms with Crippen LogP contribution in [0.5, 0.6) is 0 Å². The van der Waals surface area contributed by atoms with E-state index in [-0.39, 0.29) is 11.5 Å². The molecule has 1 aliphatic carbocycles. The summed E-state index contributed by atoms with van der Waals surface area (Å²) in [5, 5.41) is 13.1. The first-order chi connectivity index (χ1) is 8.27. The predicted molar refractivity (Wildman–Crippen MR) is 58.7 cm³/mol. The van der Waals surface area contributed by atoms with E-state index in [1.165, 1.54) is 0 Å². The minimum Gasteiger partial charge on any atom is -0.477 e. The second-order valence-corrected chi connectivity index (χ2v) is 4.09. The number of carboxylic acid groups (broad SMARTS) is 1. The van der Waals surface area contributed by atoms with Crippen LogP contribution in [0.15, 0.2) is 29.0 Å². The molecule has 0 saturated heterocycles. The van der Waals surface area contributed by atoms with Gasteiger partial charge in [-0.1, -0.05) is 5.16 Å². The second kappa shape index (κ2) is 3.69. The molecule has 0 bridgehead atoms. The van der Waals surface area contributed by atoms with Gasteiger partial charge in [0.05, 0.1) is 0 Å². The number of rotatable bonds is 3. The van der Waals surface area contributed by atoms with Crippen LogP contribution >= 0.6 is 0 Å². The lowest BCUT2D eigenvalue weighted by Crippen LogP contribution is -2.00. The summed E-state index contributed by atoms with van der Waals surface area (Å²) >= 11 is 0. The molecule has 1 saturated carbocycles. The molecule has 17 heavy (non-hydrogen) atoms. The molecule has 0 amide bonds. The lowest BCUT2D eigenvalue weighted by atomic mass is 10.1. The largest absolute Gasteiger partial charge is 0.477 e. The van der Waals surface area contributed by atoms with E-state index in [9.17, 15) is 9.90 Å². The Morgan fingerprint density at radius 3 is 2.65 bits per heavy atom. The molecule has 0 radical (unpaired) electrons. The van der Waals surface area contributed by atoms with Crippen LogP contribution in [0, 0.1) is 0 Å².